The number of hydrogen-bond acceptors (Lipinski definition) is 5. The lowest BCUT2D eigenvalue weighted by Gasteiger charge is -2.07. The number of aromatic nitrogens is 1. The normalized spacial score (nSPS) is 9.95. The second kappa shape index (κ2) is 7.43. The summed E-state index contributed by atoms with van der Waals surface area (Å²) in [5.41, 5.74) is 1.51. The van der Waals surface area contributed by atoms with Crippen molar-refractivity contribution >= 4 is 16.9 Å². The van der Waals surface area contributed by atoms with Crippen molar-refractivity contribution in [1.29, 1.82) is 0 Å². The van der Waals surface area contributed by atoms with Crippen LogP contribution in [0.5, 0.6) is 5.75 Å². The number of aliphatic hydroxyl groups excluding tert-OH is 1. The minimum Gasteiger partial charge on any atom is -0.497 e. The summed E-state index contributed by atoms with van der Waals surface area (Å²) >= 11 is 0. The van der Waals surface area contributed by atoms with E-state index in [9.17, 15) is 4.79 Å². The number of hydrogen-bond donors (Lipinski definition) is 1. The second-order valence-electron chi connectivity index (χ2n) is 4.43. The van der Waals surface area contributed by atoms with Crippen LogP contribution in [0.3, 0.4) is 0 Å². The molecule has 0 bridgehead atoms. The molecule has 2 aromatic rings. The van der Waals surface area contributed by atoms with Crippen LogP contribution >= 0.6 is 0 Å². The molecule has 0 aliphatic rings. The van der Waals surface area contributed by atoms with Crippen molar-refractivity contribution in [3.05, 3.63) is 35.5 Å². The smallest absolute Gasteiger partial charge is 0.356 e. The van der Waals surface area contributed by atoms with E-state index < -0.39 is 5.97 Å². The molecule has 2 rings (SSSR count). The highest BCUT2D eigenvalue weighted by Crippen LogP contribution is 2.23. The van der Waals surface area contributed by atoms with Gasteiger partial charge in [-0.05, 0) is 31.2 Å². The molecule has 1 aromatic heterocycles. The minimum absolute atomic E-state index is 0.00985. The Balaban J connectivity index is 2.59. The summed E-state index contributed by atoms with van der Waals surface area (Å²) in [4.78, 5) is 16.2. The summed E-state index contributed by atoms with van der Waals surface area (Å²) in [6, 6.07) is 6.97. The van der Waals surface area contributed by atoms with E-state index in [1.165, 1.54) is 0 Å². The maximum atomic E-state index is 11.9. The maximum Gasteiger partial charge on any atom is 0.356 e. The second-order valence-corrected chi connectivity index (χ2v) is 4.43. The fraction of sp³-hybridized carbons (Fsp3) is 0.294. The van der Waals surface area contributed by atoms with Gasteiger partial charge in [-0.3, -0.25) is 0 Å². The fourth-order valence-corrected chi connectivity index (χ4v) is 1.96. The SMILES string of the molecule is CCOC(=O)c1cc(C#CCCO)c2cc(OC)ccc2n1. The van der Waals surface area contributed by atoms with E-state index in [-0.39, 0.29) is 18.9 Å². The van der Waals surface area contributed by atoms with Crippen LogP contribution in [0.25, 0.3) is 10.9 Å². The van der Waals surface area contributed by atoms with Crippen molar-refractivity contribution in [2.45, 2.75) is 13.3 Å². The first kappa shape index (κ1) is 15.8. The molecule has 0 radical (unpaired) electrons. The zero-order valence-corrected chi connectivity index (χ0v) is 12.5. The van der Waals surface area contributed by atoms with E-state index in [1.54, 1.807) is 32.2 Å². The van der Waals surface area contributed by atoms with Gasteiger partial charge < -0.3 is 14.6 Å². The van der Waals surface area contributed by atoms with E-state index in [4.69, 9.17) is 14.6 Å². The van der Waals surface area contributed by atoms with Crippen molar-refractivity contribution in [2.75, 3.05) is 20.3 Å². The Labute approximate surface area is 128 Å². The molecule has 0 atom stereocenters. The zero-order chi connectivity index (χ0) is 15.9. The summed E-state index contributed by atoms with van der Waals surface area (Å²) < 4.78 is 10.2. The van der Waals surface area contributed by atoms with Gasteiger partial charge in [-0.15, -0.1) is 0 Å². The number of carbonyl (C=O) groups excluding carboxylic acids is 1. The number of ether oxygens (including phenoxy) is 2. The molecule has 0 aliphatic heterocycles. The fourth-order valence-electron chi connectivity index (χ4n) is 1.96. The molecule has 1 heterocycles. The van der Waals surface area contributed by atoms with E-state index in [0.29, 0.717) is 23.3 Å². The van der Waals surface area contributed by atoms with Crippen molar-refractivity contribution in [1.82, 2.24) is 4.98 Å². The third-order valence-electron chi connectivity index (χ3n) is 2.96. The van der Waals surface area contributed by atoms with Gasteiger partial charge in [0, 0.05) is 17.4 Å². The van der Waals surface area contributed by atoms with Crippen molar-refractivity contribution in [3.8, 4) is 17.6 Å². The highest BCUT2D eigenvalue weighted by molar-refractivity contribution is 5.94. The average molecular weight is 299 g/mol. The molecule has 0 saturated carbocycles. The number of benzene rings is 1. The van der Waals surface area contributed by atoms with Gasteiger partial charge in [0.05, 0.1) is 25.8 Å². The largest absolute Gasteiger partial charge is 0.497 e. The van der Waals surface area contributed by atoms with Crippen LogP contribution in [0.1, 0.15) is 29.4 Å². The topological polar surface area (TPSA) is 68.7 Å². The molecule has 22 heavy (non-hydrogen) atoms. The highest BCUT2D eigenvalue weighted by atomic mass is 16.5. The molecule has 5 nitrogen and oxygen atoms in total. The van der Waals surface area contributed by atoms with Crippen molar-refractivity contribution in [2.24, 2.45) is 0 Å². The molecule has 1 N–H and O–H groups in total. The van der Waals surface area contributed by atoms with E-state index in [2.05, 4.69) is 16.8 Å². The maximum absolute atomic E-state index is 11.9. The van der Waals surface area contributed by atoms with Crippen LogP contribution < -0.4 is 4.74 Å². The minimum atomic E-state index is -0.481. The van der Waals surface area contributed by atoms with Crippen LogP contribution in [0, 0.1) is 11.8 Å². The first-order valence-electron chi connectivity index (χ1n) is 6.95. The molecule has 0 fully saturated rings. The number of carbonyl (C=O) groups is 1. The number of methoxy groups -OCH3 is 1. The number of esters is 1. The molecule has 0 aliphatic carbocycles. The Morgan fingerprint density at radius 2 is 2.18 bits per heavy atom. The number of pyridine rings is 1. The van der Waals surface area contributed by atoms with Gasteiger partial charge >= 0.3 is 5.97 Å². The average Bonchev–Trinajstić information content (AvgIpc) is 2.54. The van der Waals surface area contributed by atoms with E-state index in [0.717, 1.165) is 5.39 Å². The molecule has 114 valence electrons. The molecule has 0 saturated heterocycles. The van der Waals surface area contributed by atoms with Gasteiger partial charge in [0.15, 0.2) is 0 Å². The van der Waals surface area contributed by atoms with Gasteiger partial charge in [-0.1, -0.05) is 11.8 Å². The van der Waals surface area contributed by atoms with Crippen LogP contribution in [0.2, 0.25) is 0 Å². The highest BCUT2D eigenvalue weighted by Gasteiger charge is 2.12. The Morgan fingerprint density at radius 3 is 2.86 bits per heavy atom. The lowest BCUT2D eigenvalue weighted by molar-refractivity contribution is 0.0520. The van der Waals surface area contributed by atoms with E-state index >= 15 is 0 Å². The summed E-state index contributed by atoms with van der Waals surface area (Å²) in [6.07, 6.45) is 0.364. The number of nitrogens with zero attached hydrogens (tertiary/aromatic N) is 1. The van der Waals surface area contributed by atoms with Crippen molar-refractivity contribution < 1.29 is 19.4 Å². The molecule has 5 heteroatoms. The standard InChI is InChI=1S/C17H17NO4/c1-3-22-17(20)16-10-12(6-4-5-9-19)14-11-13(21-2)7-8-15(14)18-16/h7-8,10-11,19H,3,5,9H2,1-2H3. The molecular weight excluding hydrogens is 282 g/mol. The van der Waals surface area contributed by atoms with Gasteiger partial charge in [0.1, 0.15) is 11.4 Å². The summed E-state index contributed by atoms with van der Waals surface area (Å²) in [5.74, 6) is 6.02. The van der Waals surface area contributed by atoms with E-state index in [1.807, 2.05) is 6.07 Å². The van der Waals surface area contributed by atoms with Gasteiger partial charge in [0.2, 0.25) is 0 Å². The van der Waals surface area contributed by atoms with Crippen LogP contribution in [0.15, 0.2) is 24.3 Å². The van der Waals surface area contributed by atoms with Crippen molar-refractivity contribution in [3.63, 3.8) is 0 Å². The molecule has 0 spiro atoms. The molecule has 0 amide bonds. The summed E-state index contributed by atoms with van der Waals surface area (Å²) in [5, 5.41) is 9.63. The number of rotatable bonds is 4. The molecular formula is C17H17NO4. The first-order chi connectivity index (χ1) is 10.7. The third-order valence-corrected chi connectivity index (χ3v) is 2.96. The molecule has 1 aromatic carbocycles. The van der Waals surface area contributed by atoms with Crippen LogP contribution in [-0.4, -0.2) is 36.4 Å². The molecule has 0 unspecified atom stereocenters. The Hall–Kier alpha value is -2.58. The third kappa shape index (κ3) is 3.54. The predicted molar refractivity (Wildman–Crippen MR) is 82.8 cm³/mol. The Kier molecular flexibility index (Phi) is 5.34. The van der Waals surface area contributed by atoms with Crippen LogP contribution in [0.4, 0.5) is 0 Å². The van der Waals surface area contributed by atoms with Gasteiger partial charge in [-0.2, -0.15) is 0 Å². The Bertz CT molecular complexity index is 743. The quantitative estimate of drug-likeness (QED) is 0.692. The van der Waals surface area contributed by atoms with Gasteiger partial charge in [-0.25, -0.2) is 9.78 Å². The Morgan fingerprint density at radius 1 is 1.36 bits per heavy atom. The lowest BCUT2D eigenvalue weighted by atomic mass is 10.1. The predicted octanol–water partition coefficient (Wildman–Crippen LogP) is 2.15. The zero-order valence-electron chi connectivity index (χ0n) is 12.5. The summed E-state index contributed by atoms with van der Waals surface area (Å²) in [6.45, 7) is 2.02. The monoisotopic (exact) mass is 299 g/mol. The summed E-state index contributed by atoms with van der Waals surface area (Å²) in [7, 11) is 1.58. The number of fused-ring (bicyclic) bond motifs is 1. The van der Waals surface area contributed by atoms with Crippen LogP contribution in [-0.2, 0) is 4.74 Å². The first-order valence-corrected chi connectivity index (χ1v) is 6.95. The van der Waals surface area contributed by atoms with Gasteiger partial charge in [0.25, 0.3) is 0 Å². The number of aliphatic hydroxyl groups is 1. The lowest BCUT2D eigenvalue weighted by Crippen LogP contribution is -2.07.